The topological polar surface area (TPSA) is 73.6 Å². The number of ether oxygens (including phenoxy) is 1. The van der Waals surface area contributed by atoms with Crippen LogP contribution in [-0.2, 0) is 14.6 Å². The van der Waals surface area contributed by atoms with Crippen LogP contribution in [0.4, 0.5) is 0 Å². The van der Waals surface area contributed by atoms with Crippen molar-refractivity contribution in [2.24, 2.45) is 0 Å². The summed E-state index contributed by atoms with van der Waals surface area (Å²) in [5.41, 5.74) is 0.477. The average molecular weight is 296 g/mol. The van der Waals surface area contributed by atoms with Gasteiger partial charge < -0.3 is 9.15 Å². The zero-order valence-electron chi connectivity index (χ0n) is 11.8. The molecule has 0 radical (unpaired) electrons. The van der Waals surface area contributed by atoms with Crippen LogP contribution < -0.4 is 0 Å². The lowest BCUT2D eigenvalue weighted by Crippen LogP contribution is -2.05. The molecule has 20 heavy (non-hydrogen) atoms. The molecule has 108 valence electrons. The number of sulfone groups is 1. The molecule has 0 amide bonds. The third-order valence-electron chi connectivity index (χ3n) is 3.01. The molecule has 0 saturated heterocycles. The number of fused-ring (bicyclic) bond motifs is 1. The Hall–Kier alpha value is -1.82. The van der Waals surface area contributed by atoms with Gasteiger partial charge in [-0.25, -0.2) is 13.2 Å². The van der Waals surface area contributed by atoms with Crippen molar-refractivity contribution in [2.75, 3.05) is 13.4 Å². The first-order valence-electron chi connectivity index (χ1n) is 6.10. The highest BCUT2D eigenvalue weighted by molar-refractivity contribution is 7.90. The van der Waals surface area contributed by atoms with E-state index in [-0.39, 0.29) is 16.4 Å². The van der Waals surface area contributed by atoms with E-state index < -0.39 is 15.8 Å². The molecule has 2 rings (SSSR count). The molecule has 0 fully saturated rings. The number of carbonyl (C=O) groups is 1. The van der Waals surface area contributed by atoms with Crippen LogP contribution in [0, 0.1) is 0 Å². The van der Waals surface area contributed by atoms with Gasteiger partial charge in [0.25, 0.3) is 0 Å². The fourth-order valence-electron chi connectivity index (χ4n) is 1.91. The van der Waals surface area contributed by atoms with Gasteiger partial charge in [0, 0.05) is 17.6 Å². The van der Waals surface area contributed by atoms with Crippen LogP contribution in [0.3, 0.4) is 0 Å². The molecule has 0 atom stereocenters. The van der Waals surface area contributed by atoms with E-state index in [1.807, 2.05) is 13.8 Å². The van der Waals surface area contributed by atoms with E-state index in [0.717, 1.165) is 6.26 Å². The Labute approximate surface area is 117 Å². The Balaban J connectivity index is 2.81. The normalized spacial score (nSPS) is 12.1. The van der Waals surface area contributed by atoms with Crippen LogP contribution in [-0.4, -0.2) is 27.8 Å². The summed E-state index contributed by atoms with van der Waals surface area (Å²) in [5, 5.41) is 0.581. The average Bonchev–Trinajstić information content (AvgIpc) is 2.79. The summed E-state index contributed by atoms with van der Waals surface area (Å²) in [7, 11) is -2.18. The minimum atomic E-state index is -3.42. The fourth-order valence-corrected chi connectivity index (χ4v) is 2.58. The van der Waals surface area contributed by atoms with Crippen LogP contribution >= 0.6 is 0 Å². The third-order valence-corrected chi connectivity index (χ3v) is 4.10. The second-order valence-electron chi connectivity index (χ2n) is 4.96. The van der Waals surface area contributed by atoms with Gasteiger partial charge in [0.2, 0.25) is 0 Å². The van der Waals surface area contributed by atoms with Crippen LogP contribution in [0.25, 0.3) is 11.0 Å². The van der Waals surface area contributed by atoms with Gasteiger partial charge >= 0.3 is 5.97 Å². The summed E-state index contributed by atoms with van der Waals surface area (Å²) in [4.78, 5) is 11.9. The molecule has 5 nitrogen and oxygen atoms in total. The first kappa shape index (κ1) is 14.6. The molecule has 0 spiro atoms. The van der Waals surface area contributed by atoms with Crippen molar-refractivity contribution in [3.05, 3.63) is 29.5 Å². The molecule has 1 heterocycles. The van der Waals surface area contributed by atoms with E-state index in [0.29, 0.717) is 16.7 Å². The van der Waals surface area contributed by atoms with E-state index in [9.17, 15) is 13.2 Å². The molecule has 0 N–H and O–H groups in total. The number of rotatable bonds is 3. The van der Waals surface area contributed by atoms with Crippen LogP contribution in [0.1, 0.15) is 35.9 Å². The minimum absolute atomic E-state index is 0.0708. The summed E-state index contributed by atoms with van der Waals surface area (Å²) in [6.45, 7) is 3.90. The Morgan fingerprint density at radius 2 is 1.90 bits per heavy atom. The Kier molecular flexibility index (Phi) is 3.60. The second-order valence-corrected chi connectivity index (χ2v) is 6.97. The number of carbonyl (C=O) groups excluding carboxylic acids is 1. The van der Waals surface area contributed by atoms with Gasteiger partial charge in [-0.3, -0.25) is 0 Å². The number of methoxy groups -OCH3 is 1. The lowest BCUT2D eigenvalue weighted by Gasteiger charge is -2.04. The molecule has 0 bridgehead atoms. The van der Waals surface area contributed by atoms with Crippen molar-refractivity contribution in [1.29, 1.82) is 0 Å². The third kappa shape index (κ3) is 2.56. The molecule has 0 aliphatic carbocycles. The molecular formula is C14H16O5S. The summed E-state index contributed by atoms with van der Waals surface area (Å²) in [6, 6.07) is 4.55. The van der Waals surface area contributed by atoms with E-state index in [2.05, 4.69) is 4.74 Å². The van der Waals surface area contributed by atoms with E-state index in [4.69, 9.17) is 4.42 Å². The first-order chi connectivity index (χ1) is 9.24. The molecule has 0 aliphatic heterocycles. The van der Waals surface area contributed by atoms with E-state index in [1.165, 1.54) is 19.2 Å². The van der Waals surface area contributed by atoms with Gasteiger partial charge in [-0.15, -0.1) is 0 Å². The molecule has 0 unspecified atom stereocenters. The lowest BCUT2D eigenvalue weighted by molar-refractivity contribution is 0.0601. The lowest BCUT2D eigenvalue weighted by atomic mass is 10.1. The highest BCUT2D eigenvalue weighted by atomic mass is 32.2. The maximum absolute atomic E-state index is 11.8. The number of esters is 1. The zero-order valence-corrected chi connectivity index (χ0v) is 12.6. The van der Waals surface area contributed by atoms with Gasteiger partial charge in [-0.1, -0.05) is 13.8 Å². The molecule has 2 aromatic rings. The monoisotopic (exact) mass is 296 g/mol. The first-order valence-corrected chi connectivity index (χ1v) is 7.99. The van der Waals surface area contributed by atoms with Crippen molar-refractivity contribution < 1.29 is 22.4 Å². The highest BCUT2D eigenvalue weighted by Crippen LogP contribution is 2.30. The van der Waals surface area contributed by atoms with Gasteiger partial charge in [-0.05, 0) is 18.2 Å². The summed E-state index contributed by atoms with van der Waals surface area (Å²) >= 11 is 0. The number of benzene rings is 1. The fraction of sp³-hybridized carbons (Fsp3) is 0.357. The van der Waals surface area contributed by atoms with Gasteiger partial charge in [-0.2, -0.15) is 0 Å². The van der Waals surface area contributed by atoms with Crippen molar-refractivity contribution in [3.8, 4) is 0 Å². The molecule has 0 saturated carbocycles. The molecule has 6 heteroatoms. The molecule has 0 aliphatic rings. The van der Waals surface area contributed by atoms with Crippen molar-refractivity contribution in [2.45, 2.75) is 24.7 Å². The largest absolute Gasteiger partial charge is 0.465 e. The number of furan rings is 1. The summed E-state index contributed by atoms with van der Waals surface area (Å²) < 4.78 is 33.7. The summed E-state index contributed by atoms with van der Waals surface area (Å²) in [5.74, 6) is 0.204. The second kappa shape index (κ2) is 4.94. The van der Waals surface area contributed by atoms with Gasteiger partial charge in [0.15, 0.2) is 9.84 Å². The molecule has 1 aromatic heterocycles. The quantitative estimate of drug-likeness (QED) is 0.814. The highest BCUT2D eigenvalue weighted by Gasteiger charge is 2.20. The maximum Gasteiger partial charge on any atom is 0.341 e. The standard InChI is InChI=1S/C14H16O5S/c1-8(2)12-6-9-5-10(20(4,16)17)7-11(13(9)19-12)14(15)18-3/h5-8H,1-4H3. The van der Waals surface area contributed by atoms with E-state index >= 15 is 0 Å². The van der Waals surface area contributed by atoms with Crippen molar-refractivity contribution in [3.63, 3.8) is 0 Å². The SMILES string of the molecule is COC(=O)c1cc(S(C)(=O)=O)cc2cc(C(C)C)oc12. The minimum Gasteiger partial charge on any atom is -0.465 e. The number of hydrogen-bond acceptors (Lipinski definition) is 5. The smallest absolute Gasteiger partial charge is 0.341 e. The predicted octanol–water partition coefficient (Wildman–Crippen LogP) is 2.75. The number of hydrogen-bond donors (Lipinski definition) is 0. The van der Waals surface area contributed by atoms with Crippen molar-refractivity contribution in [1.82, 2.24) is 0 Å². The van der Waals surface area contributed by atoms with Crippen LogP contribution in [0.5, 0.6) is 0 Å². The molecule has 1 aromatic carbocycles. The van der Waals surface area contributed by atoms with Crippen molar-refractivity contribution >= 4 is 26.8 Å². The zero-order chi connectivity index (χ0) is 15.1. The molecular weight excluding hydrogens is 280 g/mol. The predicted molar refractivity (Wildman–Crippen MR) is 74.8 cm³/mol. The van der Waals surface area contributed by atoms with Gasteiger partial charge in [0.1, 0.15) is 16.9 Å². The van der Waals surface area contributed by atoms with Gasteiger partial charge in [0.05, 0.1) is 12.0 Å². The Morgan fingerprint density at radius 1 is 1.25 bits per heavy atom. The van der Waals surface area contributed by atoms with Crippen LogP contribution in [0.15, 0.2) is 27.5 Å². The maximum atomic E-state index is 11.8. The van der Waals surface area contributed by atoms with E-state index in [1.54, 1.807) is 6.07 Å². The Morgan fingerprint density at radius 3 is 2.40 bits per heavy atom. The van der Waals surface area contributed by atoms with Crippen LogP contribution in [0.2, 0.25) is 0 Å². The summed E-state index contributed by atoms with van der Waals surface area (Å²) in [6.07, 6.45) is 1.10. The Bertz CT molecular complexity index is 768.